The van der Waals surface area contributed by atoms with Crippen molar-refractivity contribution in [2.45, 2.75) is 18.8 Å². The summed E-state index contributed by atoms with van der Waals surface area (Å²) in [5, 5.41) is 13.4. The van der Waals surface area contributed by atoms with E-state index in [0.717, 1.165) is 35.9 Å². The van der Waals surface area contributed by atoms with Gasteiger partial charge in [-0.1, -0.05) is 18.2 Å². The maximum Gasteiger partial charge on any atom is 0.345 e. The molecule has 1 aromatic heterocycles. The normalized spacial score (nSPS) is 14.0. The second kappa shape index (κ2) is 5.01. The number of benzene rings is 1. The fraction of sp³-hybridized carbons (Fsp3) is 0.231. The summed E-state index contributed by atoms with van der Waals surface area (Å²) in [5.41, 5.74) is 1.66. The van der Waals surface area contributed by atoms with Gasteiger partial charge < -0.3 is 0 Å². The fourth-order valence-corrected chi connectivity index (χ4v) is 2.65. The van der Waals surface area contributed by atoms with Crippen LogP contribution in [0.3, 0.4) is 0 Å². The largest absolute Gasteiger partial charge is 0.345 e. The fourth-order valence-electron chi connectivity index (χ4n) is 2.03. The maximum absolute atomic E-state index is 12.2. The standard InChI is InChI=1S/C13H11N3O3S/c17-12(15-13-14-7-11(20-13)16(18)19)10-4-2-1-3-9(10)8-5-6-8/h1-4,7-8H,5-6H2,(H,14,15,17). The molecule has 1 fully saturated rings. The first-order valence-electron chi connectivity index (χ1n) is 6.15. The lowest BCUT2D eigenvalue weighted by Gasteiger charge is -2.07. The van der Waals surface area contributed by atoms with Crippen molar-refractivity contribution in [3.63, 3.8) is 0 Å². The molecule has 20 heavy (non-hydrogen) atoms. The second-order valence-corrected chi connectivity index (χ2v) is 5.59. The zero-order valence-corrected chi connectivity index (χ0v) is 11.2. The first kappa shape index (κ1) is 12.7. The van der Waals surface area contributed by atoms with Gasteiger partial charge in [0.05, 0.1) is 4.92 Å². The molecule has 1 N–H and O–H groups in total. The van der Waals surface area contributed by atoms with Crippen molar-refractivity contribution in [3.8, 4) is 0 Å². The summed E-state index contributed by atoms with van der Waals surface area (Å²) in [4.78, 5) is 26.1. The minimum Gasteiger partial charge on any atom is -0.298 e. The second-order valence-electron chi connectivity index (χ2n) is 4.58. The lowest BCUT2D eigenvalue weighted by Crippen LogP contribution is -2.13. The zero-order chi connectivity index (χ0) is 14.1. The Hall–Kier alpha value is -2.28. The van der Waals surface area contributed by atoms with Crippen molar-refractivity contribution >= 4 is 27.4 Å². The first-order valence-corrected chi connectivity index (χ1v) is 6.97. The van der Waals surface area contributed by atoms with E-state index in [1.165, 1.54) is 0 Å². The minimum atomic E-state index is -0.522. The smallest absolute Gasteiger partial charge is 0.298 e. The SMILES string of the molecule is O=C(Nc1ncc([N+](=O)[O-])s1)c1ccccc1C1CC1. The third kappa shape index (κ3) is 2.53. The summed E-state index contributed by atoms with van der Waals surface area (Å²) < 4.78 is 0. The molecule has 0 bridgehead atoms. The molecule has 1 saturated carbocycles. The quantitative estimate of drug-likeness (QED) is 0.692. The number of hydrogen-bond donors (Lipinski definition) is 1. The Kier molecular flexibility index (Phi) is 3.19. The van der Waals surface area contributed by atoms with Gasteiger partial charge in [-0.05, 0) is 41.7 Å². The Morgan fingerprint density at radius 3 is 2.80 bits per heavy atom. The van der Waals surface area contributed by atoms with E-state index in [2.05, 4.69) is 10.3 Å². The molecule has 3 rings (SSSR count). The number of anilines is 1. The maximum atomic E-state index is 12.2. The van der Waals surface area contributed by atoms with E-state index in [0.29, 0.717) is 11.5 Å². The highest BCUT2D eigenvalue weighted by Crippen LogP contribution is 2.41. The van der Waals surface area contributed by atoms with Gasteiger partial charge in [-0.2, -0.15) is 0 Å². The molecule has 7 heteroatoms. The lowest BCUT2D eigenvalue weighted by atomic mass is 10.0. The van der Waals surface area contributed by atoms with Crippen LogP contribution in [0.2, 0.25) is 0 Å². The van der Waals surface area contributed by atoms with E-state index >= 15 is 0 Å². The third-order valence-corrected chi connectivity index (χ3v) is 3.98. The average molecular weight is 289 g/mol. The molecule has 2 aromatic rings. The molecule has 6 nitrogen and oxygen atoms in total. The summed E-state index contributed by atoms with van der Waals surface area (Å²) in [7, 11) is 0. The van der Waals surface area contributed by atoms with E-state index in [4.69, 9.17) is 0 Å². The number of carbonyl (C=O) groups is 1. The molecule has 0 spiro atoms. The van der Waals surface area contributed by atoms with Crippen molar-refractivity contribution in [3.05, 3.63) is 51.7 Å². The van der Waals surface area contributed by atoms with Crippen LogP contribution < -0.4 is 5.32 Å². The van der Waals surface area contributed by atoms with Crippen LogP contribution in [-0.4, -0.2) is 15.8 Å². The molecule has 1 aromatic carbocycles. The number of nitrogens with one attached hydrogen (secondary N) is 1. The van der Waals surface area contributed by atoms with Crippen LogP contribution in [0.4, 0.5) is 10.1 Å². The van der Waals surface area contributed by atoms with Gasteiger partial charge in [-0.15, -0.1) is 0 Å². The highest BCUT2D eigenvalue weighted by Gasteiger charge is 2.28. The number of nitro groups is 1. The lowest BCUT2D eigenvalue weighted by molar-refractivity contribution is -0.380. The van der Waals surface area contributed by atoms with Gasteiger partial charge in [0.2, 0.25) is 0 Å². The molecule has 102 valence electrons. The van der Waals surface area contributed by atoms with E-state index in [-0.39, 0.29) is 16.0 Å². The zero-order valence-electron chi connectivity index (χ0n) is 10.4. The van der Waals surface area contributed by atoms with Crippen molar-refractivity contribution < 1.29 is 9.72 Å². The summed E-state index contributed by atoms with van der Waals surface area (Å²) in [6.07, 6.45) is 3.35. The van der Waals surface area contributed by atoms with Crippen LogP contribution >= 0.6 is 11.3 Å². The van der Waals surface area contributed by atoms with Gasteiger partial charge in [0.25, 0.3) is 5.91 Å². The summed E-state index contributed by atoms with van der Waals surface area (Å²) in [6.45, 7) is 0. The number of rotatable bonds is 4. The molecular weight excluding hydrogens is 278 g/mol. The molecule has 0 aliphatic heterocycles. The summed E-state index contributed by atoms with van der Waals surface area (Å²) >= 11 is 0.852. The van der Waals surface area contributed by atoms with Gasteiger partial charge in [0.1, 0.15) is 6.20 Å². The van der Waals surface area contributed by atoms with E-state index in [1.54, 1.807) is 6.07 Å². The van der Waals surface area contributed by atoms with Crippen LogP contribution in [0.15, 0.2) is 30.5 Å². The number of hydrogen-bond acceptors (Lipinski definition) is 5. The number of carbonyl (C=O) groups excluding carboxylic acids is 1. The Morgan fingerprint density at radius 2 is 2.15 bits per heavy atom. The molecule has 1 heterocycles. The topological polar surface area (TPSA) is 85.1 Å². The van der Waals surface area contributed by atoms with Gasteiger partial charge in [0.15, 0.2) is 5.13 Å². The number of thiazole rings is 1. The highest BCUT2D eigenvalue weighted by atomic mass is 32.1. The van der Waals surface area contributed by atoms with Crippen LogP contribution in [0.1, 0.15) is 34.7 Å². The molecular formula is C13H11N3O3S. The number of nitrogens with zero attached hydrogens (tertiary/aromatic N) is 2. The van der Waals surface area contributed by atoms with E-state index < -0.39 is 4.92 Å². The molecule has 0 atom stereocenters. The Morgan fingerprint density at radius 1 is 1.40 bits per heavy atom. The minimum absolute atomic E-state index is 0.0872. The molecule has 0 saturated heterocycles. The molecule has 1 aliphatic rings. The van der Waals surface area contributed by atoms with Crippen molar-refractivity contribution in [1.82, 2.24) is 4.98 Å². The summed E-state index contributed by atoms with van der Waals surface area (Å²) in [5.74, 6) is 0.194. The van der Waals surface area contributed by atoms with Crippen molar-refractivity contribution in [1.29, 1.82) is 0 Å². The van der Waals surface area contributed by atoms with Crippen molar-refractivity contribution in [2.75, 3.05) is 5.32 Å². The third-order valence-electron chi connectivity index (χ3n) is 3.12. The molecule has 0 unspecified atom stereocenters. The molecule has 0 radical (unpaired) electrons. The van der Waals surface area contributed by atoms with Crippen LogP contribution in [0, 0.1) is 10.1 Å². The van der Waals surface area contributed by atoms with Gasteiger partial charge in [-0.25, -0.2) is 4.98 Å². The van der Waals surface area contributed by atoms with Gasteiger partial charge in [0, 0.05) is 5.56 Å². The first-order chi connectivity index (χ1) is 9.65. The highest BCUT2D eigenvalue weighted by molar-refractivity contribution is 7.18. The van der Waals surface area contributed by atoms with Crippen molar-refractivity contribution in [2.24, 2.45) is 0 Å². The molecule has 1 aliphatic carbocycles. The predicted octanol–water partition coefficient (Wildman–Crippen LogP) is 3.18. The summed E-state index contributed by atoms with van der Waals surface area (Å²) in [6, 6.07) is 7.45. The van der Waals surface area contributed by atoms with Crippen LogP contribution in [0.5, 0.6) is 0 Å². The van der Waals surface area contributed by atoms with Crippen LogP contribution in [0.25, 0.3) is 0 Å². The average Bonchev–Trinajstić information content (AvgIpc) is 3.18. The predicted molar refractivity (Wildman–Crippen MR) is 75.1 cm³/mol. The van der Waals surface area contributed by atoms with E-state index in [9.17, 15) is 14.9 Å². The monoisotopic (exact) mass is 289 g/mol. The Balaban J connectivity index is 1.80. The van der Waals surface area contributed by atoms with E-state index in [1.807, 2.05) is 18.2 Å². The Labute approximate surface area is 118 Å². The van der Waals surface area contributed by atoms with Crippen LogP contribution in [-0.2, 0) is 0 Å². The number of amides is 1. The molecule has 1 amide bonds. The van der Waals surface area contributed by atoms with Gasteiger partial charge >= 0.3 is 5.00 Å². The number of aromatic nitrogens is 1. The Bertz CT molecular complexity index is 679. The van der Waals surface area contributed by atoms with Gasteiger partial charge in [-0.3, -0.25) is 20.2 Å².